The van der Waals surface area contributed by atoms with Crippen molar-refractivity contribution in [2.24, 2.45) is 5.16 Å². The molecule has 0 aliphatic rings. The van der Waals surface area contributed by atoms with Gasteiger partial charge in [0.15, 0.2) is 0 Å². The normalized spacial score (nSPS) is 11.8. The Kier molecular flexibility index (Phi) is 3.71. The maximum atomic E-state index is 8.78. The first-order valence-corrected chi connectivity index (χ1v) is 5.25. The van der Waals surface area contributed by atoms with Crippen LogP contribution in [0.4, 0.5) is 0 Å². The van der Waals surface area contributed by atoms with Gasteiger partial charge in [0.2, 0.25) is 0 Å². The molecule has 0 aromatic heterocycles. The molecule has 0 radical (unpaired) electrons. The van der Waals surface area contributed by atoms with Crippen molar-refractivity contribution in [3.63, 3.8) is 0 Å². The van der Waals surface area contributed by atoms with Gasteiger partial charge in [-0.05, 0) is 41.5 Å². The van der Waals surface area contributed by atoms with Crippen LogP contribution in [0, 0.1) is 10.5 Å². The molecule has 0 heterocycles. The molecular formula is C10H12INO. The molecule has 2 nitrogen and oxygen atoms in total. The average Bonchev–Trinajstić information content (AvgIpc) is 2.14. The van der Waals surface area contributed by atoms with Crippen LogP contribution in [0.5, 0.6) is 0 Å². The monoisotopic (exact) mass is 289 g/mol. The molecule has 0 fully saturated rings. The van der Waals surface area contributed by atoms with E-state index in [4.69, 9.17) is 5.21 Å². The topological polar surface area (TPSA) is 32.6 Å². The number of halogens is 1. The van der Waals surface area contributed by atoms with E-state index in [-0.39, 0.29) is 0 Å². The number of hydrogen-bond donors (Lipinski definition) is 1. The smallest absolute Gasteiger partial charge is 0.0875 e. The van der Waals surface area contributed by atoms with E-state index in [0.29, 0.717) is 0 Å². The van der Waals surface area contributed by atoms with Gasteiger partial charge in [-0.2, -0.15) is 0 Å². The van der Waals surface area contributed by atoms with E-state index in [1.165, 1.54) is 5.56 Å². The van der Waals surface area contributed by atoms with Crippen LogP contribution in [0.1, 0.15) is 24.5 Å². The fourth-order valence-electron chi connectivity index (χ4n) is 1.19. The third-order valence-electron chi connectivity index (χ3n) is 1.96. The van der Waals surface area contributed by atoms with Gasteiger partial charge in [0, 0.05) is 9.13 Å². The van der Waals surface area contributed by atoms with Gasteiger partial charge >= 0.3 is 0 Å². The fourth-order valence-corrected chi connectivity index (χ4v) is 1.86. The van der Waals surface area contributed by atoms with Gasteiger partial charge < -0.3 is 5.21 Å². The van der Waals surface area contributed by atoms with Crippen LogP contribution in [0.25, 0.3) is 0 Å². The first-order chi connectivity index (χ1) is 6.20. The van der Waals surface area contributed by atoms with E-state index in [1.54, 1.807) is 0 Å². The molecule has 1 N–H and O–H groups in total. The highest BCUT2D eigenvalue weighted by atomic mass is 127. The molecule has 1 rings (SSSR count). The molecule has 0 amide bonds. The Morgan fingerprint density at radius 2 is 2.23 bits per heavy atom. The molecule has 0 bridgehead atoms. The van der Waals surface area contributed by atoms with Crippen LogP contribution in [0.2, 0.25) is 0 Å². The van der Waals surface area contributed by atoms with Gasteiger partial charge in [-0.3, -0.25) is 0 Å². The van der Waals surface area contributed by atoms with Crippen molar-refractivity contribution in [3.05, 3.63) is 32.9 Å². The third-order valence-corrected chi connectivity index (χ3v) is 3.39. The van der Waals surface area contributed by atoms with E-state index in [9.17, 15) is 0 Å². The summed E-state index contributed by atoms with van der Waals surface area (Å²) in [4.78, 5) is 0. The van der Waals surface area contributed by atoms with E-state index in [2.05, 4.69) is 40.7 Å². The van der Waals surface area contributed by atoms with Crippen LogP contribution in [-0.2, 0) is 0 Å². The number of hydrogen-bond acceptors (Lipinski definition) is 2. The van der Waals surface area contributed by atoms with Gasteiger partial charge in [0.1, 0.15) is 0 Å². The summed E-state index contributed by atoms with van der Waals surface area (Å²) in [5.41, 5.74) is 2.99. The second kappa shape index (κ2) is 4.60. The van der Waals surface area contributed by atoms with E-state index in [1.807, 2.05) is 19.1 Å². The zero-order valence-electron chi connectivity index (χ0n) is 7.71. The van der Waals surface area contributed by atoms with Crippen molar-refractivity contribution in [2.45, 2.75) is 20.3 Å². The molecule has 0 aliphatic carbocycles. The average molecular weight is 289 g/mol. The molecule has 0 atom stereocenters. The number of benzene rings is 1. The minimum atomic E-state index is 0.744. The zero-order chi connectivity index (χ0) is 9.84. The zero-order valence-corrected chi connectivity index (χ0v) is 9.87. The summed E-state index contributed by atoms with van der Waals surface area (Å²) in [5.74, 6) is 0. The Balaban J connectivity index is 3.22. The van der Waals surface area contributed by atoms with E-state index < -0.39 is 0 Å². The highest BCUT2D eigenvalue weighted by Crippen LogP contribution is 2.18. The molecule has 3 heteroatoms. The number of rotatable bonds is 2. The van der Waals surface area contributed by atoms with Crippen LogP contribution in [0.3, 0.4) is 0 Å². The minimum absolute atomic E-state index is 0.744. The standard InChI is InChI=1S/C10H12INO/c1-3-9(12-13)8-6-4-5-7(2)10(8)11/h4-6,13H,3H2,1-2H3. The summed E-state index contributed by atoms with van der Waals surface area (Å²) in [6, 6.07) is 6.01. The predicted octanol–water partition coefficient (Wildman–Crippen LogP) is 3.19. The molecule has 1 aromatic carbocycles. The second-order valence-corrected chi connectivity index (χ2v) is 3.92. The molecule has 13 heavy (non-hydrogen) atoms. The van der Waals surface area contributed by atoms with Crippen LogP contribution in [0.15, 0.2) is 23.4 Å². The molecule has 1 aromatic rings. The molecule has 0 saturated carbocycles. The lowest BCUT2D eigenvalue weighted by Crippen LogP contribution is -2.02. The van der Waals surface area contributed by atoms with Crippen molar-refractivity contribution < 1.29 is 5.21 Å². The first kappa shape index (κ1) is 10.5. The summed E-state index contributed by atoms with van der Waals surface area (Å²) in [5, 5.41) is 12.1. The molecule has 0 spiro atoms. The molecule has 0 saturated heterocycles. The van der Waals surface area contributed by atoms with Crippen molar-refractivity contribution in [2.75, 3.05) is 0 Å². The molecule has 0 unspecified atom stereocenters. The fraction of sp³-hybridized carbons (Fsp3) is 0.300. The Morgan fingerprint density at radius 1 is 1.54 bits per heavy atom. The highest BCUT2D eigenvalue weighted by molar-refractivity contribution is 14.1. The Morgan fingerprint density at radius 3 is 2.77 bits per heavy atom. The molecule has 70 valence electrons. The van der Waals surface area contributed by atoms with Crippen LogP contribution in [-0.4, -0.2) is 10.9 Å². The lowest BCUT2D eigenvalue weighted by molar-refractivity contribution is 0.318. The van der Waals surface area contributed by atoms with E-state index in [0.717, 1.165) is 21.3 Å². The maximum Gasteiger partial charge on any atom is 0.0875 e. The predicted molar refractivity (Wildman–Crippen MR) is 62.5 cm³/mol. The summed E-state index contributed by atoms with van der Waals surface area (Å²) in [6.07, 6.45) is 0.746. The summed E-state index contributed by atoms with van der Waals surface area (Å²) in [7, 11) is 0. The molecule has 0 aliphatic heterocycles. The van der Waals surface area contributed by atoms with Gasteiger partial charge in [0.05, 0.1) is 5.71 Å². The van der Waals surface area contributed by atoms with Gasteiger partial charge in [0.25, 0.3) is 0 Å². The van der Waals surface area contributed by atoms with Crippen LogP contribution >= 0.6 is 22.6 Å². The number of oxime groups is 1. The van der Waals surface area contributed by atoms with Crippen molar-refractivity contribution in [1.82, 2.24) is 0 Å². The lowest BCUT2D eigenvalue weighted by Gasteiger charge is -2.06. The Bertz CT molecular complexity index is 334. The first-order valence-electron chi connectivity index (χ1n) is 4.17. The van der Waals surface area contributed by atoms with Crippen molar-refractivity contribution >= 4 is 28.3 Å². The van der Waals surface area contributed by atoms with Crippen molar-refractivity contribution in [1.29, 1.82) is 0 Å². The summed E-state index contributed by atoms with van der Waals surface area (Å²) in [6.45, 7) is 4.03. The van der Waals surface area contributed by atoms with Gasteiger partial charge in [-0.25, -0.2) is 0 Å². The van der Waals surface area contributed by atoms with E-state index >= 15 is 0 Å². The lowest BCUT2D eigenvalue weighted by atomic mass is 10.1. The summed E-state index contributed by atoms with van der Waals surface area (Å²) >= 11 is 2.27. The Hall–Kier alpha value is -0.580. The quantitative estimate of drug-likeness (QED) is 0.385. The summed E-state index contributed by atoms with van der Waals surface area (Å²) < 4.78 is 1.16. The van der Waals surface area contributed by atoms with Crippen molar-refractivity contribution in [3.8, 4) is 0 Å². The highest BCUT2D eigenvalue weighted by Gasteiger charge is 2.07. The largest absolute Gasteiger partial charge is 0.411 e. The Labute approximate surface area is 91.8 Å². The van der Waals surface area contributed by atoms with Gasteiger partial charge in [-0.1, -0.05) is 30.3 Å². The van der Waals surface area contributed by atoms with Gasteiger partial charge in [-0.15, -0.1) is 0 Å². The maximum absolute atomic E-state index is 8.78. The molecular weight excluding hydrogens is 277 g/mol. The number of nitrogens with zero attached hydrogens (tertiary/aromatic N) is 1. The third kappa shape index (κ3) is 2.21. The second-order valence-electron chi connectivity index (χ2n) is 2.84. The number of aryl methyl sites for hydroxylation is 1. The SMILES string of the molecule is CCC(=NO)c1cccc(C)c1I. The minimum Gasteiger partial charge on any atom is -0.411 e. The van der Waals surface area contributed by atoms with Crippen LogP contribution < -0.4 is 0 Å².